The number of anilines is 2. The van der Waals surface area contributed by atoms with Crippen LogP contribution in [-0.2, 0) is 15.8 Å². The Hall–Kier alpha value is -2.54. The van der Waals surface area contributed by atoms with E-state index >= 15 is 0 Å². The Morgan fingerprint density at radius 3 is 2.38 bits per heavy atom. The number of nitrogens with one attached hydrogen (secondary N) is 1. The molecule has 138 valence electrons. The van der Waals surface area contributed by atoms with Crippen molar-refractivity contribution in [1.82, 2.24) is 0 Å². The zero-order chi connectivity index (χ0) is 19.5. The van der Waals surface area contributed by atoms with Crippen LogP contribution in [0.2, 0.25) is 5.02 Å². The van der Waals surface area contributed by atoms with E-state index in [0.29, 0.717) is 5.69 Å². The predicted octanol–water partition coefficient (Wildman–Crippen LogP) is 4.66. The van der Waals surface area contributed by atoms with Crippen molar-refractivity contribution >= 4 is 34.8 Å². The van der Waals surface area contributed by atoms with Crippen molar-refractivity contribution in [3.05, 3.63) is 58.6 Å². The van der Waals surface area contributed by atoms with Gasteiger partial charge in [-0.05, 0) is 36.8 Å². The van der Waals surface area contributed by atoms with Crippen LogP contribution in [0, 0.1) is 6.92 Å². The number of amides is 2. The van der Waals surface area contributed by atoms with Gasteiger partial charge in [-0.3, -0.25) is 9.59 Å². The first-order valence-electron chi connectivity index (χ1n) is 7.60. The number of alkyl halides is 3. The summed E-state index contributed by atoms with van der Waals surface area (Å²) in [4.78, 5) is 25.4. The molecule has 0 aliphatic heterocycles. The van der Waals surface area contributed by atoms with Crippen LogP contribution in [0.25, 0.3) is 0 Å². The third-order valence-electron chi connectivity index (χ3n) is 3.65. The van der Waals surface area contributed by atoms with Crippen LogP contribution in [0.1, 0.15) is 18.1 Å². The second-order valence-electron chi connectivity index (χ2n) is 5.63. The minimum absolute atomic E-state index is 0.0967. The van der Waals surface area contributed by atoms with Crippen molar-refractivity contribution in [2.24, 2.45) is 0 Å². The molecule has 0 aliphatic carbocycles. The molecular formula is C18H16ClF3N2O2. The molecule has 2 aromatic rings. The first kappa shape index (κ1) is 19.8. The average Bonchev–Trinajstić information content (AvgIpc) is 2.54. The van der Waals surface area contributed by atoms with Gasteiger partial charge in [0.15, 0.2) is 0 Å². The van der Waals surface area contributed by atoms with Gasteiger partial charge in [0.05, 0.1) is 11.3 Å². The number of nitrogens with zero attached hydrogens (tertiary/aromatic N) is 1. The van der Waals surface area contributed by atoms with Gasteiger partial charge in [0.2, 0.25) is 11.8 Å². The minimum atomic E-state index is -4.68. The van der Waals surface area contributed by atoms with E-state index in [0.717, 1.165) is 17.7 Å². The molecule has 0 saturated carbocycles. The van der Waals surface area contributed by atoms with Crippen molar-refractivity contribution in [1.29, 1.82) is 0 Å². The largest absolute Gasteiger partial charge is 0.418 e. The van der Waals surface area contributed by atoms with Crippen LogP contribution in [0.15, 0.2) is 42.5 Å². The Labute approximate surface area is 153 Å². The number of hydrogen-bond acceptors (Lipinski definition) is 2. The number of aryl methyl sites for hydroxylation is 1. The topological polar surface area (TPSA) is 49.4 Å². The summed E-state index contributed by atoms with van der Waals surface area (Å²) in [6.07, 6.45) is -4.68. The highest BCUT2D eigenvalue weighted by Gasteiger charge is 2.34. The maximum atomic E-state index is 13.1. The normalized spacial score (nSPS) is 11.2. The van der Waals surface area contributed by atoms with E-state index in [1.54, 1.807) is 31.2 Å². The zero-order valence-corrected chi connectivity index (χ0v) is 14.8. The average molecular weight is 385 g/mol. The summed E-state index contributed by atoms with van der Waals surface area (Å²) in [6, 6.07) is 9.97. The monoisotopic (exact) mass is 384 g/mol. The molecule has 0 unspecified atom stereocenters. The Balaban J connectivity index is 2.25. The molecule has 1 N–H and O–H groups in total. The second-order valence-corrected chi connectivity index (χ2v) is 6.06. The number of carbonyl (C=O) groups excluding carboxylic acids is 2. The van der Waals surface area contributed by atoms with Crippen LogP contribution in [0.5, 0.6) is 0 Å². The summed E-state index contributed by atoms with van der Waals surface area (Å²) >= 11 is 5.62. The van der Waals surface area contributed by atoms with E-state index < -0.39 is 35.8 Å². The van der Waals surface area contributed by atoms with Crippen LogP contribution in [0.4, 0.5) is 24.5 Å². The standard InChI is InChI=1S/C18H16ClF3N2O2/c1-11-5-3-4-6-16(11)24(12(2)25)10-17(26)23-15-8-7-13(19)9-14(15)18(20,21)22/h3-9H,10H2,1-2H3,(H,23,26). The molecule has 0 saturated heterocycles. The summed E-state index contributed by atoms with van der Waals surface area (Å²) in [5, 5.41) is 2.11. The van der Waals surface area contributed by atoms with E-state index in [1.807, 2.05) is 0 Å². The van der Waals surface area contributed by atoms with Gasteiger partial charge in [0.1, 0.15) is 6.54 Å². The first-order chi connectivity index (χ1) is 12.1. The minimum Gasteiger partial charge on any atom is -0.324 e. The quantitative estimate of drug-likeness (QED) is 0.833. The van der Waals surface area contributed by atoms with E-state index in [-0.39, 0.29) is 5.02 Å². The molecule has 0 atom stereocenters. The third kappa shape index (κ3) is 4.76. The number of rotatable bonds is 4. The molecule has 2 rings (SSSR count). The lowest BCUT2D eigenvalue weighted by Gasteiger charge is -2.23. The Morgan fingerprint density at radius 1 is 1.15 bits per heavy atom. The summed E-state index contributed by atoms with van der Waals surface area (Å²) < 4.78 is 39.3. The molecule has 2 aromatic carbocycles. The molecule has 0 radical (unpaired) electrons. The van der Waals surface area contributed by atoms with Gasteiger partial charge in [0.25, 0.3) is 0 Å². The number of benzene rings is 2. The maximum absolute atomic E-state index is 13.1. The van der Waals surface area contributed by atoms with Crippen LogP contribution in [-0.4, -0.2) is 18.4 Å². The first-order valence-corrected chi connectivity index (χ1v) is 7.97. The van der Waals surface area contributed by atoms with Crippen molar-refractivity contribution < 1.29 is 22.8 Å². The smallest absolute Gasteiger partial charge is 0.324 e. The summed E-state index contributed by atoms with van der Waals surface area (Å²) in [5.74, 6) is -1.15. The lowest BCUT2D eigenvalue weighted by molar-refractivity contribution is -0.137. The predicted molar refractivity (Wildman–Crippen MR) is 94.3 cm³/mol. The highest BCUT2D eigenvalue weighted by atomic mass is 35.5. The molecule has 0 spiro atoms. The molecule has 0 fully saturated rings. The third-order valence-corrected chi connectivity index (χ3v) is 3.88. The van der Waals surface area contributed by atoms with Crippen LogP contribution < -0.4 is 10.2 Å². The van der Waals surface area contributed by atoms with E-state index in [4.69, 9.17) is 11.6 Å². The van der Waals surface area contributed by atoms with Crippen molar-refractivity contribution in [3.8, 4) is 0 Å². The molecular weight excluding hydrogens is 369 g/mol. The van der Waals surface area contributed by atoms with Gasteiger partial charge in [-0.2, -0.15) is 13.2 Å². The molecule has 0 heterocycles. The van der Waals surface area contributed by atoms with Gasteiger partial charge in [-0.1, -0.05) is 29.8 Å². The Bertz CT molecular complexity index is 837. The number of para-hydroxylation sites is 1. The highest BCUT2D eigenvalue weighted by molar-refractivity contribution is 6.30. The summed E-state index contributed by atoms with van der Waals surface area (Å²) in [5.41, 5.74) is -0.191. The number of halogens is 4. The SMILES string of the molecule is CC(=O)N(CC(=O)Nc1ccc(Cl)cc1C(F)(F)F)c1ccccc1C. The van der Waals surface area contributed by atoms with Gasteiger partial charge >= 0.3 is 6.18 Å². The van der Waals surface area contributed by atoms with Gasteiger partial charge in [0, 0.05) is 17.6 Å². The van der Waals surface area contributed by atoms with Gasteiger partial charge < -0.3 is 10.2 Å². The summed E-state index contributed by atoms with van der Waals surface area (Å²) in [6.45, 7) is 2.63. The summed E-state index contributed by atoms with van der Waals surface area (Å²) in [7, 11) is 0. The van der Waals surface area contributed by atoms with E-state index in [9.17, 15) is 22.8 Å². The fourth-order valence-corrected chi connectivity index (χ4v) is 2.60. The van der Waals surface area contributed by atoms with Gasteiger partial charge in [-0.25, -0.2) is 0 Å². The van der Waals surface area contributed by atoms with Gasteiger partial charge in [-0.15, -0.1) is 0 Å². The molecule has 2 amide bonds. The fourth-order valence-electron chi connectivity index (χ4n) is 2.43. The zero-order valence-electron chi connectivity index (χ0n) is 14.0. The lowest BCUT2D eigenvalue weighted by Crippen LogP contribution is -2.37. The van der Waals surface area contributed by atoms with Crippen molar-refractivity contribution in [3.63, 3.8) is 0 Å². The molecule has 8 heteroatoms. The molecule has 26 heavy (non-hydrogen) atoms. The maximum Gasteiger partial charge on any atom is 0.418 e. The molecule has 4 nitrogen and oxygen atoms in total. The number of hydrogen-bond donors (Lipinski definition) is 1. The van der Waals surface area contributed by atoms with Crippen molar-refractivity contribution in [2.75, 3.05) is 16.8 Å². The van der Waals surface area contributed by atoms with E-state index in [2.05, 4.69) is 5.32 Å². The fraction of sp³-hybridized carbons (Fsp3) is 0.222. The van der Waals surface area contributed by atoms with Crippen molar-refractivity contribution in [2.45, 2.75) is 20.0 Å². The second kappa shape index (κ2) is 7.78. The molecule has 0 aliphatic rings. The highest BCUT2D eigenvalue weighted by Crippen LogP contribution is 2.36. The Kier molecular flexibility index (Phi) is 5.92. The van der Waals surface area contributed by atoms with Crippen LogP contribution >= 0.6 is 11.6 Å². The molecule has 0 aromatic heterocycles. The Morgan fingerprint density at radius 2 is 1.81 bits per heavy atom. The molecule has 0 bridgehead atoms. The van der Waals surface area contributed by atoms with E-state index in [1.165, 1.54) is 17.9 Å². The van der Waals surface area contributed by atoms with Crippen LogP contribution in [0.3, 0.4) is 0 Å². The number of carbonyl (C=O) groups is 2. The lowest BCUT2D eigenvalue weighted by atomic mass is 10.1.